The van der Waals surface area contributed by atoms with Gasteiger partial charge in [-0.3, -0.25) is 14.7 Å². The zero-order valence-corrected chi connectivity index (χ0v) is 13.5. The molecular weight excluding hydrogens is 290 g/mol. The van der Waals surface area contributed by atoms with Crippen LogP contribution < -0.4 is 5.32 Å². The molecule has 1 N–H and O–H groups in total. The van der Waals surface area contributed by atoms with Gasteiger partial charge in [-0.05, 0) is 24.1 Å². The summed E-state index contributed by atoms with van der Waals surface area (Å²) in [6.45, 7) is 6.07. The van der Waals surface area contributed by atoms with E-state index in [1.54, 1.807) is 18.5 Å². The Morgan fingerprint density at radius 3 is 3.00 bits per heavy atom. The summed E-state index contributed by atoms with van der Waals surface area (Å²) in [6, 6.07) is 3.63. The van der Waals surface area contributed by atoms with Gasteiger partial charge in [0.2, 0.25) is 5.91 Å². The fourth-order valence-corrected chi connectivity index (χ4v) is 2.63. The van der Waals surface area contributed by atoms with E-state index in [0.717, 1.165) is 30.2 Å². The summed E-state index contributed by atoms with van der Waals surface area (Å²) in [5.74, 6) is 1.15. The minimum Gasteiger partial charge on any atom is -0.324 e. The van der Waals surface area contributed by atoms with Crippen molar-refractivity contribution in [1.82, 2.24) is 19.9 Å². The number of hydrogen-bond acceptors (Lipinski definition) is 5. The number of nitrogens with zero attached hydrogens (tertiary/aromatic N) is 4. The van der Waals surface area contributed by atoms with Gasteiger partial charge in [0.05, 0.1) is 24.1 Å². The molecule has 0 saturated carbocycles. The predicted octanol–water partition coefficient (Wildman–Crippen LogP) is 1.99. The summed E-state index contributed by atoms with van der Waals surface area (Å²) < 4.78 is 0. The molecule has 0 unspecified atom stereocenters. The third-order valence-corrected chi connectivity index (χ3v) is 3.87. The van der Waals surface area contributed by atoms with E-state index in [2.05, 4.69) is 39.0 Å². The molecule has 0 spiro atoms. The number of amides is 1. The summed E-state index contributed by atoms with van der Waals surface area (Å²) in [4.78, 5) is 27.3. The molecule has 120 valence electrons. The van der Waals surface area contributed by atoms with Crippen LogP contribution in [-0.2, 0) is 17.8 Å². The molecule has 6 heteroatoms. The number of aromatic nitrogens is 3. The maximum Gasteiger partial charge on any atom is 0.238 e. The van der Waals surface area contributed by atoms with Crippen molar-refractivity contribution in [2.24, 2.45) is 0 Å². The van der Waals surface area contributed by atoms with Crippen LogP contribution in [0.25, 0.3) is 0 Å². The zero-order chi connectivity index (χ0) is 16.2. The molecule has 0 fully saturated rings. The highest BCUT2D eigenvalue weighted by molar-refractivity contribution is 5.92. The lowest BCUT2D eigenvalue weighted by Gasteiger charge is -2.27. The van der Waals surface area contributed by atoms with Crippen LogP contribution in [0.15, 0.2) is 30.7 Å². The molecule has 2 aromatic heterocycles. The number of carbonyl (C=O) groups is 1. The number of hydrogen-bond donors (Lipinski definition) is 1. The van der Waals surface area contributed by atoms with Crippen molar-refractivity contribution in [3.05, 3.63) is 47.8 Å². The maximum atomic E-state index is 12.2. The first-order valence-corrected chi connectivity index (χ1v) is 7.88. The van der Waals surface area contributed by atoms with Crippen molar-refractivity contribution < 1.29 is 4.79 Å². The smallest absolute Gasteiger partial charge is 0.238 e. The molecule has 1 aliphatic heterocycles. The van der Waals surface area contributed by atoms with Crippen molar-refractivity contribution in [1.29, 1.82) is 0 Å². The van der Waals surface area contributed by atoms with Crippen LogP contribution in [0.5, 0.6) is 0 Å². The third-order valence-electron chi connectivity index (χ3n) is 3.87. The first kappa shape index (κ1) is 15.6. The lowest BCUT2D eigenvalue weighted by molar-refractivity contribution is -0.117. The fraction of sp³-hybridized carbons (Fsp3) is 0.412. The van der Waals surface area contributed by atoms with Gasteiger partial charge in [-0.2, -0.15) is 0 Å². The topological polar surface area (TPSA) is 71.0 Å². The molecule has 0 aromatic carbocycles. The van der Waals surface area contributed by atoms with E-state index in [-0.39, 0.29) is 5.91 Å². The van der Waals surface area contributed by atoms with Crippen LogP contribution in [0.1, 0.15) is 36.8 Å². The highest BCUT2D eigenvalue weighted by atomic mass is 16.2. The Bertz CT molecular complexity index is 687. The van der Waals surface area contributed by atoms with Gasteiger partial charge < -0.3 is 5.32 Å². The highest BCUT2D eigenvalue weighted by Crippen LogP contribution is 2.18. The van der Waals surface area contributed by atoms with Crippen molar-refractivity contribution in [2.75, 3.05) is 18.4 Å². The number of carbonyl (C=O) groups excluding carboxylic acids is 1. The van der Waals surface area contributed by atoms with Gasteiger partial charge >= 0.3 is 0 Å². The third kappa shape index (κ3) is 3.90. The van der Waals surface area contributed by atoms with E-state index in [9.17, 15) is 4.79 Å². The standard InChI is InChI=1S/C17H21N5O/c1-12(2)17-19-8-13-5-7-22(10-15(13)21-17)11-16(23)20-14-4-3-6-18-9-14/h3-4,6,8-9,12H,5,7,10-11H2,1-2H3,(H,20,23). The zero-order valence-electron chi connectivity index (χ0n) is 13.5. The second-order valence-corrected chi connectivity index (χ2v) is 6.11. The van der Waals surface area contributed by atoms with Gasteiger partial charge in [0, 0.05) is 31.4 Å². The van der Waals surface area contributed by atoms with E-state index in [0.29, 0.717) is 19.0 Å². The fourth-order valence-electron chi connectivity index (χ4n) is 2.63. The normalized spacial score (nSPS) is 14.6. The second-order valence-electron chi connectivity index (χ2n) is 6.11. The van der Waals surface area contributed by atoms with Crippen molar-refractivity contribution in [3.8, 4) is 0 Å². The summed E-state index contributed by atoms with van der Waals surface area (Å²) in [6.07, 6.45) is 6.15. The molecular formula is C17H21N5O. The molecule has 0 saturated heterocycles. The summed E-state index contributed by atoms with van der Waals surface area (Å²) in [5, 5.41) is 2.87. The second kappa shape index (κ2) is 6.83. The van der Waals surface area contributed by atoms with Gasteiger partial charge in [-0.25, -0.2) is 9.97 Å². The van der Waals surface area contributed by atoms with Crippen LogP contribution in [0, 0.1) is 0 Å². The van der Waals surface area contributed by atoms with Crippen LogP contribution in [-0.4, -0.2) is 38.8 Å². The Labute approximate surface area is 136 Å². The minimum atomic E-state index is -0.0282. The van der Waals surface area contributed by atoms with Crippen LogP contribution >= 0.6 is 0 Å². The molecule has 0 radical (unpaired) electrons. The maximum absolute atomic E-state index is 12.2. The molecule has 1 amide bonds. The molecule has 0 aliphatic carbocycles. The Kier molecular flexibility index (Phi) is 4.62. The molecule has 0 bridgehead atoms. The Morgan fingerprint density at radius 2 is 2.26 bits per heavy atom. The van der Waals surface area contributed by atoms with E-state index in [1.165, 1.54) is 5.56 Å². The van der Waals surface area contributed by atoms with Gasteiger partial charge in [0.25, 0.3) is 0 Å². The summed E-state index contributed by atoms with van der Waals surface area (Å²) in [7, 11) is 0. The highest BCUT2D eigenvalue weighted by Gasteiger charge is 2.21. The molecule has 23 heavy (non-hydrogen) atoms. The predicted molar refractivity (Wildman–Crippen MR) is 88.0 cm³/mol. The van der Waals surface area contributed by atoms with Crippen LogP contribution in [0.4, 0.5) is 5.69 Å². The first-order chi connectivity index (χ1) is 11.1. The summed E-state index contributed by atoms with van der Waals surface area (Å²) >= 11 is 0. The number of fused-ring (bicyclic) bond motifs is 1. The first-order valence-electron chi connectivity index (χ1n) is 7.88. The van der Waals surface area contributed by atoms with Crippen LogP contribution in [0.2, 0.25) is 0 Å². The quantitative estimate of drug-likeness (QED) is 0.935. The van der Waals surface area contributed by atoms with E-state index in [1.807, 2.05) is 12.3 Å². The Morgan fingerprint density at radius 1 is 1.39 bits per heavy atom. The van der Waals surface area contributed by atoms with Crippen molar-refractivity contribution >= 4 is 11.6 Å². The molecule has 0 atom stereocenters. The largest absolute Gasteiger partial charge is 0.324 e. The van der Waals surface area contributed by atoms with Crippen LogP contribution in [0.3, 0.4) is 0 Å². The van der Waals surface area contributed by atoms with Gasteiger partial charge in [-0.1, -0.05) is 13.8 Å². The Hall–Kier alpha value is -2.34. The SMILES string of the molecule is CC(C)c1ncc2c(n1)CN(CC(=O)Nc1cccnc1)CC2. The molecule has 6 nitrogen and oxygen atoms in total. The van der Waals surface area contributed by atoms with E-state index < -0.39 is 0 Å². The summed E-state index contributed by atoms with van der Waals surface area (Å²) in [5.41, 5.74) is 2.96. The number of anilines is 1. The molecule has 2 aromatic rings. The average molecular weight is 311 g/mol. The van der Waals surface area contributed by atoms with Gasteiger partial charge in [0.15, 0.2) is 0 Å². The van der Waals surface area contributed by atoms with Gasteiger partial charge in [0.1, 0.15) is 5.82 Å². The molecule has 3 heterocycles. The average Bonchev–Trinajstić information content (AvgIpc) is 2.55. The van der Waals surface area contributed by atoms with Crippen molar-refractivity contribution in [2.45, 2.75) is 32.7 Å². The lowest BCUT2D eigenvalue weighted by Crippen LogP contribution is -2.37. The lowest BCUT2D eigenvalue weighted by atomic mass is 10.1. The Balaban J connectivity index is 1.62. The minimum absolute atomic E-state index is 0.0282. The number of pyridine rings is 1. The van der Waals surface area contributed by atoms with Gasteiger partial charge in [-0.15, -0.1) is 0 Å². The molecule has 3 rings (SSSR count). The van der Waals surface area contributed by atoms with E-state index in [4.69, 9.17) is 0 Å². The number of nitrogens with one attached hydrogen (secondary N) is 1. The monoisotopic (exact) mass is 311 g/mol. The molecule has 1 aliphatic rings. The number of rotatable bonds is 4. The van der Waals surface area contributed by atoms with E-state index >= 15 is 0 Å². The van der Waals surface area contributed by atoms with Crippen molar-refractivity contribution in [3.63, 3.8) is 0 Å².